The van der Waals surface area contributed by atoms with Gasteiger partial charge in [0.15, 0.2) is 5.78 Å². The summed E-state index contributed by atoms with van der Waals surface area (Å²) in [6.45, 7) is 9.71. The Morgan fingerprint density at radius 1 is 1.22 bits per heavy atom. The number of Topliss-reactive ketones (excluding diaryl/α,β-unsaturated/α-hetero) is 1. The Hall–Kier alpha value is -2.64. The topological polar surface area (TPSA) is 63.6 Å². The summed E-state index contributed by atoms with van der Waals surface area (Å²) in [5.41, 5.74) is 1.57. The molecule has 27 heavy (non-hydrogen) atoms. The van der Waals surface area contributed by atoms with Crippen LogP contribution < -0.4 is 0 Å². The SMILES string of the molecule is CC1=C(C#Cc2ccccc2)C(=O)CC(C)(C)[C@]1(C)OC/C(C)=C\C(=O)O. The molecular weight excluding hydrogens is 340 g/mol. The zero-order valence-corrected chi connectivity index (χ0v) is 16.6. The summed E-state index contributed by atoms with van der Waals surface area (Å²) < 4.78 is 6.18. The van der Waals surface area contributed by atoms with Gasteiger partial charge in [-0.2, -0.15) is 0 Å². The first-order chi connectivity index (χ1) is 12.6. The highest BCUT2D eigenvalue weighted by Crippen LogP contribution is 2.47. The number of benzene rings is 1. The first kappa shape index (κ1) is 20.7. The molecule has 0 radical (unpaired) electrons. The van der Waals surface area contributed by atoms with Crippen molar-refractivity contribution in [3.63, 3.8) is 0 Å². The minimum absolute atomic E-state index is 0.0137. The van der Waals surface area contributed by atoms with Crippen molar-refractivity contribution in [2.75, 3.05) is 6.61 Å². The first-order valence-corrected chi connectivity index (χ1v) is 8.92. The van der Waals surface area contributed by atoms with Gasteiger partial charge in [-0.05, 0) is 44.1 Å². The average Bonchev–Trinajstić information content (AvgIpc) is 2.58. The molecule has 1 N–H and O–H groups in total. The van der Waals surface area contributed by atoms with Crippen LogP contribution in [0.3, 0.4) is 0 Å². The summed E-state index contributed by atoms with van der Waals surface area (Å²) in [5.74, 6) is 5.11. The molecule has 4 nitrogen and oxygen atoms in total. The summed E-state index contributed by atoms with van der Waals surface area (Å²) in [7, 11) is 0. The van der Waals surface area contributed by atoms with E-state index >= 15 is 0 Å². The Balaban J connectivity index is 2.41. The lowest BCUT2D eigenvalue weighted by atomic mass is 9.63. The number of carboxylic acid groups (broad SMARTS) is 1. The molecule has 0 saturated heterocycles. The molecule has 0 aromatic heterocycles. The number of rotatable bonds is 4. The standard InChI is InChI=1S/C23H26O4/c1-16(13-21(25)26)15-27-23(5)17(2)19(20(24)14-22(23,3)4)12-11-18-9-7-6-8-10-18/h6-10,13H,14-15H2,1-5H3,(H,25,26)/b16-13-/t23-/m1/s1. The number of hydrogen-bond acceptors (Lipinski definition) is 3. The zero-order chi connectivity index (χ0) is 20.2. The van der Waals surface area contributed by atoms with Gasteiger partial charge in [0, 0.05) is 23.5 Å². The second-order valence-electron chi connectivity index (χ2n) is 7.75. The lowest BCUT2D eigenvalue weighted by Gasteiger charge is -2.48. The van der Waals surface area contributed by atoms with Crippen molar-refractivity contribution in [3.8, 4) is 11.8 Å². The van der Waals surface area contributed by atoms with Crippen LogP contribution in [0.2, 0.25) is 0 Å². The lowest BCUT2D eigenvalue weighted by Crippen LogP contribution is -2.50. The average molecular weight is 366 g/mol. The molecule has 0 aliphatic heterocycles. The number of ether oxygens (including phenoxy) is 1. The number of allylic oxidation sites excluding steroid dienone is 1. The number of carbonyl (C=O) groups excluding carboxylic acids is 1. The van der Waals surface area contributed by atoms with Gasteiger partial charge in [-0.25, -0.2) is 4.79 Å². The van der Waals surface area contributed by atoms with Crippen molar-refractivity contribution in [1.29, 1.82) is 0 Å². The van der Waals surface area contributed by atoms with Gasteiger partial charge in [-0.3, -0.25) is 4.79 Å². The largest absolute Gasteiger partial charge is 0.478 e. The van der Waals surface area contributed by atoms with E-state index in [-0.39, 0.29) is 12.4 Å². The van der Waals surface area contributed by atoms with E-state index in [1.54, 1.807) is 6.92 Å². The van der Waals surface area contributed by atoms with E-state index in [0.717, 1.165) is 17.2 Å². The van der Waals surface area contributed by atoms with Crippen molar-refractivity contribution in [2.24, 2.45) is 5.41 Å². The molecule has 0 spiro atoms. The molecule has 1 aliphatic rings. The fourth-order valence-electron chi connectivity index (χ4n) is 3.25. The van der Waals surface area contributed by atoms with Crippen LogP contribution >= 0.6 is 0 Å². The number of aliphatic carboxylic acids is 1. The second kappa shape index (κ2) is 7.94. The third kappa shape index (κ3) is 4.56. The smallest absolute Gasteiger partial charge is 0.328 e. The van der Waals surface area contributed by atoms with Gasteiger partial charge in [0.2, 0.25) is 0 Å². The van der Waals surface area contributed by atoms with Crippen LogP contribution in [0.1, 0.15) is 46.6 Å². The molecule has 0 bridgehead atoms. The zero-order valence-electron chi connectivity index (χ0n) is 16.6. The maximum atomic E-state index is 12.7. The Morgan fingerprint density at radius 3 is 2.44 bits per heavy atom. The molecule has 0 unspecified atom stereocenters. The molecular formula is C23H26O4. The third-order valence-electron chi connectivity index (χ3n) is 5.33. The van der Waals surface area contributed by atoms with Crippen LogP contribution in [0, 0.1) is 17.3 Å². The van der Waals surface area contributed by atoms with Crippen molar-refractivity contribution in [1.82, 2.24) is 0 Å². The quantitative estimate of drug-likeness (QED) is 0.642. The van der Waals surface area contributed by atoms with Crippen LogP contribution in [-0.4, -0.2) is 29.1 Å². The van der Waals surface area contributed by atoms with Crippen LogP contribution in [0.4, 0.5) is 0 Å². The minimum Gasteiger partial charge on any atom is -0.478 e. The molecule has 0 fully saturated rings. The molecule has 0 amide bonds. The number of carboxylic acids is 1. The van der Waals surface area contributed by atoms with Gasteiger partial charge in [0.1, 0.15) is 0 Å². The maximum absolute atomic E-state index is 12.7. The summed E-state index contributed by atoms with van der Waals surface area (Å²) in [6.07, 6.45) is 1.46. The number of ketones is 1. The maximum Gasteiger partial charge on any atom is 0.328 e. The van der Waals surface area contributed by atoms with Crippen LogP contribution in [0.25, 0.3) is 0 Å². The van der Waals surface area contributed by atoms with Crippen molar-refractivity contribution in [3.05, 3.63) is 58.7 Å². The molecule has 1 aromatic rings. The van der Waals surface area contributed by atoms with Crippen molar-refractivity contribution in [2.45, 2.75) is 46.6 Å². The summed E-state index contributed by atoms with van der Waals surface area (Å²) in [5, 5.41) is 8.89. The highest BCUT2D eigenvalue weighted by molar-refractivity contribution is 6.02. The Bertz CT molecular complexity index is 863. The van der Waals surface area contributed by atoms with E-state index in [1.165, 1.54) is 0 Å². The monoisotopic (exact) mass is 366 g/mol. The summed E-state index contributed by atoms with van der Waals surface area (Å²) >= 11 is 0. The van der Waals surface area contributed by atoms with Crippen LogP contribution in [0.5, 0.6) is 0 Å². The van der Waals surface area contributed by atoms with E-state index in [0.29, 0.717) is 17.6 Å². The van der Waals surface area contributed by atoms with Crippen molar-refractivity contribution < 1.29 is 19.4 Å². The molecule has 2 rings (SSSR count). The van der Waals surface area contributed by atoms with Gasteiger partial charge in [-0.15, -0.1) is 0 Å². The predicted molar refractivity (Wildman–Crippen MR) is 105 cm³/mol. The fourth-order valence-corrected chi connectivity index (χ4v) is 3.25. The summed E-state index contributed by atoms with van der Waals surface area (Å²) in [4.78, 5) is 23.6. The van der Waals surface area contributed by atoms with Crippen LogP contribution in [0.15, 0.2) is 53.1 Å². The van der Waals surface area contributed by atoms with Crippen LogP contribution in [-0.2, 0) is 14.3 Å². The normalized spacial score (nSPS) is 22.3. The Labute approximate surface area is 160 Å². The van der Waals surface area contributed by atoms with Gasteiger partial charge >= 0.3 is 5.97 Å². The third-order valence-corrected chi connectivity index (χ3v) is 5.33. The van der Waals surface area contributed by atoms with E-state index < -0.39 is 17.0 Å². The molecule has 1 atom stereocenters. The van der Waals surface area contributed by atoms with Gasteiger partial charge in [0.05, 0.1) is 17.8 Å². The molecule has 0 heterocycles. The van der Waals surface area contributed by atoms with E-state index in [9.17, 15) is 9.59 Å². The van der Waals surface area contributed by atoms with E-state index in [2.05, 4.69) is 11.8 Å². The molecule has 1 aliphatic carbocycles. The van der Waals surface area contributed by atoms with E-state index in [4.69, 9.17) is 9.84 Å². The second-order valence-corrected chi connectivity index (χ2v) is 7.75. The van der Waals surface area contributed by atoms with Crippen molar-refractivity contribution >= 4 is 11.8 Å². The first-order valence-electron chi connectivity index (χ1n) is 8.92. The number of hydrogen-bond donors (Lipinski definition) is 1. The lowest BCUT2D eigenvalue weighted by molar-refractivity contribution is -0.131. The van der Waals surface area contributed by atoms with E-state index in [1.807, 2.05) is 58.0 Å². The highest BCUT2D eigenvalue weighted by atomic mass is 16.5. The van der Waals surface area contributed by atoms with Gasteiger partial charge < -0.3 is 9.84 Å². The minimum atomic E-state index is -0.999. The van der Waals surface area contributed by atoms with Gasteiger partial charge in [0.25, 0.3) is 0 Å². The molecule has 4 heteroatoms. The number of carbonyl (C=O) groups is 2. The predicted octanol–water partition coefficient (Wildman–Crippen LogP) is 4.16. The van der Waals surface area contributed by atoms with Gasteiger partial charge in [-0.1, -0.05) is 43.9 Å². The molecule has 142 valence electrons. The highest BCUT2D eigenvalue weighted by Gasteiger charge is 2.49. The summed E-state index contributed by atoms with van der Waals surface area (Å²) in [6, 6.07) is 9.53. The Morgan fingerprint density at radius 2 is 1.85 bits per heavy atom. The molecule has 0 saturated carbocycles. The Kier molecular flexibility index (Phi) is 6.08. The fraction of sp³-hybridized carbons (Fsp3) is 0.391. The molecule has 1 aromatic carbocycles.